The molecule has 4 heteroatoms. The summed E-state index contributed by atoms with van der Waals surface area (Å²) < 4.78 is 0. The molecule has 0 aromatic carbocycles. The number of nitrogens with two attached hydrogens (primary N) is 1. The van der Waals surface area contributed by atoms with Crippen LogP contribution in [-0.4, -0.2) is 17.7 Å². The highest BCUT2D eigenvalue weighted by molar-refractivity contribution is 8.03. The van der Waals surface area contributed by atoms with E-state index in [0.717, 1.165) is 4.91 Å². The van der Waals surface area contributed by atoms with Crippen molar-refractivity contribution in [2.45, 2.75) is 19.2 Å². The summed E-state index contributed by atoms with van der Waals surface area (Å²) in [5.74, 6) is -0.000602. The van der Waals surface area contributed by atoms with Gasteiger partial charge < -0.3 is 11.1 Å². The molecule has 1 rings (SSSR count). The third kappa shape index (κ3) is 1.75. The number of hydrogen-bond donors (Lipinski definition) is 2. The molecule has 0 saturated carbocycles. The largest absolute Gasteiger partial charge is 0.370 e. The molecular weight excluding hydrogens is 160 g/mol. The second kappa shape index (κ2) is 3.28. The Balaban J connectivity index is 2.72. The molecule has 0 aliphatic carbocycles. The Bertz CT molecular complexity index is 212. The van der Waals surface area contributed by atoms with E-state index < -0.39 is 0 Å². The molecule has 1 atom stereocenters. The first-order valence-corrected chi connectivity index (χ1v) is 4.40. The number of hydrogen-bond acceptors (Lipinski definition) is 4. The monoisotopic (exact) mass is 172 g/mol. The third-order valence-corrected chi connectivity index (χ3v) is 2.55. The highest BCUT2D eigenvalue weighted by Crippen LogP contribution is 2.29. The lowest BCUT2D eigenvalue weighted by Crippen LogP contribution is -2.26. The topological polar surface area (TPSA) is 55.1 Å². The van der Waals surface area contributed by atoms with Crippen LogP contribution in [-0.2, 0) is 4.79 Å². The van der Waals surface area contributed by atoms with E-state index >= 15 is 0 Å². The molecule has 62 valence electrons. The van der Waals surface area contributed by atoms with Gasteiger partial charge in [0.1, 0.15) is 0 Å². The smallest absolute Gasteiger partial charge is 0.192 e. The van der Waals surface area contributed by atoms with Crippen molar-refractivity contribution in [3.63, 3.8) is 0 Å². The molecule has 1 aliphatic heterocycles. The Morgan fingerprint density at radius 1 is 1.82 bits per heavy atom. The Morgan fingerprint density at radius 2 is 2.45 bits per heavy atom. The van der Waals surface area contributed by atoms with Gasteiger partial charge in [-0.05, 0) is 13.8 Å². The second-order valence-corrected chi connectivity index (χ2v) is 4.02. The van der Waals surface area contributed by atoms with Gasteiger partial charge in [-0.25, -0.2) is 0 Å². The first kappa shape index (κ1) is 8.62. The molecule has 0 fully saturated rings. The van der Waals surface area contributed by atoms with Gasteiger partial charge in [-0.15, -0.1) is 11.8 Å². The van der Waals surface area contributed by atoms with E-state index in [0.29, 0.717) is 11.1 Å². The second-order valence-electron chi connectivity index (χ2n) is 2.46. The van der Waals surface area contributed by atoms with Crippen LogP contribution in [0.1, 0.15) is 13.8 Å². The van der Waals surface area contributed by atoms with Crippen molar-refractivity contribution in [1.82, 2.24) is 5.32 Å². The number of thioether (sulfide) groups is 1. The molecule has 0 amide bonds. The summed E-state index contributed by atoms with van der Waals surface area (Å²) in [5.41, 5.74) is 5.93. The van der Waals surface area contributed by atoms with Crippen molar-refractivity contribution >= 4 is 17.5 Å². The van der Waals surface area contributed by atoms with Crippen LogP contribution >= 0.6 is 11.8 Å². The minimum Gasteiger partial charge on any atom is -0.370 e. The number of Topliss-reactive ketones (excluding diaryl/α,β-unsaturated/α-hetero) is 1. The molecule has 0 radical (unpaired) electrons. The first-order chi connectivity index (χ1) is 5.15. The number of ketones is 1. The number of allylic oxidation sites excluding steroid dienone is 1. The molecule has 0 bridgehead atoms. The first-order valence-electron chi connectivity index (χ1n) is 3.52. The van der Waals surface area contributed by atoms with E-state index in [9.17, 15) is 4.79 Å². The standard InChI is InChI=1S/C7H12N2OS/c1-4-7(6(10)3-8)9-5(2)11-4/h5,9H,3,8H2,1-2H3. The molecular formula is C7H12N2OS. The summed E-state index contributed by atoms with van der Waals surface area (Å²) in [6.45, 7) is 4.04. The summed E-state index contributed by atoms with van der Waals surface area (Å²) in [7, 11) is 0. The summed E-state index contributed by atoms with van der Waals surface area (Å²) in [5, 5.41) is 3.37. The van der Waals surface area contributed by atoms with Crippen molar-refractivity contribution in [1.29, 1.82) is 0 Å². The third-order valence-electron chi connectivity index (χ3n) is 1.52. The van der Waals surface area contributed by atoms with Gasteiger partial charge in [0.25, 0.3) is 0 Å². The van der Waals surface area contributed by atoms with Crippen molar-refractivity contribution < 1.29 is 4.79 Å². The predicted octanol–water partition coefficient (Wildman–Crippen LogP) is 0.428. The molecule has 1 heterocycles. The fourth-order valence-electron chi connectivity index (χ4n) is 1.04. The van der Waals surface area contributed by atoms with Gasteiger partial charge >= 0.3 is 0 Å². The van der Waals surface area contributed by atoms with Gasteiger partial charge in [-0.3, -0.25) is 4.79 Å². The Kier molecular flexibility index (Phi) is 2.57. The molecule has 1 unspecified atom stereocenters. The van der Waals surface area contributed by atoms with Crippen LogP contribution in [0.3, 0.4) is 0 Å². The lowest BCUT2D eigenvalue weighted by atomic mass is 10.3. The zero-order valence-corrected chi connectivity index (χ0v) is 7.49. The molecule has 11 heavy (non-hydrogen) atoms. The number of rotatable bonds is 2. The molecule has 0 aromatic heterocycles. The highest BCUT2D eigenvalue weighted by Gasteiger charge is 2.21. The number of nitrogens with one attached hydrogen (secondary N) is 1. The average Bonchev–Trinajstić information content (AvgIpc) is 2.28. The molecule has 1 aliphatic rings. The fourth-order valence-corrected chi connectivity index (χ4v) is 2.04. The Hall–Kier alpha value is -0.480. The van der Waals surface area contributed by atoms with Crippen molar-refractivity contribution in [3.8, 4) is 0 Å². The lowest BCUT2D eigenvalue weighted by molar-refractivity contribution is -0.114. The van der Waals surface area contributed by atoms with Crippen molar-refractivity contribution in [2.24, 2.45) is 5.73 Å². The van der Waals surface area contributed by atoms with E-state index in [-0.39, 0.29) is 12.3 Å². The molecule has 3 nitrogen and oxygen atoms in total. The van der Waals surface area contributed by atoms with Gasteiger partial charge in [0.05, 0.1) is 17.6 Å². The van der Waals surface area contributed by atoms with Crippen molar-refractivity contribution in [3.05, 3.63) is 10.6 Å². The number of carbonyl (C=O) groups excluding carboxylic acids is 1. The maximum Gasteiger partial charge on any atom is 0.192 e. The Labute approximate surface area is 70.4 Å². The molecule has 3 N–H and O–H groups in total. The summed E-state index contributed by atoms with van der Waals surface area (Å²) >= 11 is 1.66. The Morgan fingerprint density at radius 3 is 2.82 bits per heavy atom. The fraction of sp³-hybridized carbons (Fsp3) is 0.571. The maximum absolute atomic E-state index is 11.1. The van der Waals surface area contributed by atoms with Crippen LogP contribution in [0.4, 0.5) is 0 Å². The van der Waals surface area contributed by atoms with Gasteiger partial charge in [-0.2, -0.15) is 0 Å². The molecule has 0 saturated heterocycles. The zero-order chi connectivity index (χ0) is 8.43. The summed E-state index contributed by atoms with van der Waals surface area (Å²) in [4.78, 5) is 12.2. The highest BCUT2D eigenvalue weighted by atomic mass is 32.2. The molecule has 0 aromatic rings. The lowest BCUT2D eigenvalue weighted by Gasteiger charge is -2.03. The predicted molar refractivity (Wildman–Crippen MR) is 47.0 cm³/mol. The van der Waals surface area contributed by atoms with Crippen LogP contribution in [0.5, 0.6) is 0 Å². The summed E-state index contributed by atoms with van der Waals surface area (Å²) in [6.07, 6.45) is 0. The normalized spacial score (nSPS) is 23.7. The SMILES string of the molecule is CC1=C(C(=O)CN)NC(C)S1. The van der Waals surface area contributed by atoms with Gasteiger partial charge in [-0.1, -0.05) is 0 Å². The van der Waals surface area contributed by atoms with Crippen LogP contribution in [0.2, 0.25) is 0 Å². The van der Waals surface area contributed by atoms with Crippen LogP contribution in [0.25, 0.3) is 0 Å². The molecule has 0 spiro atoms. The maximum atomic E-state index is 11.1. The van der Waals surface area contributed by atoms with Crippen LogP contribution in [0.15, 0.2) is 10.6 Å². The van der Waals surface area contributed by atoms with Gasteiger partial charge in [0.2, 0.25) is 0 Å². The quantitative estimate of drug-likeness (QED) is 0.634. The van der Waals surface area contributed by atoms with Crippen LogP contribution in [0, 0.1) is 0 Å². The van der Waals surface area contributed by atoms with Crippen LogP contribution < -0.4 is 11.1 Å². The summed E-state index contributed by atoms with van der Waals surface area (Å²) in [6, 6.07) is 0. The zero-order valence-electron chi connectivity index (χ0n) is 6.68. The number of carbonyl (C=O) groups is 1. The van der Waals surface area contributed by atoms with E-state index in [1.54, 1.807) is 11.8 Å². The van der Waals surface area contributed by atoms with E-state index in [1.165, 1.54) is 0 Å². The minimum atomic E-state index is -0.000602. The van der Waals surface area contributed by atoms with Gasteiger partial charge in [0.15, 0.2) is 5.78 Å². The average molecular weight is 172 g/mol. The van der Waals surface area contributed by atoms with E-state index in [2.05, 4.69) is 5.32 Å². The minimum absolute atomic E-state index is 0.000602. The van der Waals surface area contributed by atoms with Crippen molar-refractivity contribution in [2.75, 3.05) is 6.54 Å². The van der Waals surface area contributed by atoms with E-state index in [1.807, 2.05) is 13.8 Å². The van der Waals surface area contributed by atoms with Gasteiger partial charge in [0, 0.05) is 4.91 Å². The van der Waals surface area contributed by atoms with E-state index in [4.69, 9.17) is 5.73 Å².